The molecule has 0 bridgehead atoms. The summed E-state index contributed by atoms with van der Waals surface area (Å²) in [5.74, 6) is 0.0834. The van der Waals surface area contributed by atoms with Gasteiger partial charge in [0.1, 0.15) is 0 Å². The highest BCUT2D eigenvalue weighted by atomic mass is 19.1. The van der Waals surface area contributed by atoms with Crippen LogP contribution in [-0.4, -0.2) is 13.7 Å². The molecule has 0 amide bonds. The first-order valence-corrected chi connectivity index (χ1v) is 5.22. The summed E-state index contributed by atoms with van der Waals surface area (Å²) >= 11 is 0. The Bertz CT molecular complexity index is 361. The zero-order valence-corrected chi connectivity index (χ0v) is 8.92. The first kappa shape index (κ1) is 10.4. The van der Waals surface area contributed by atoms with Crippen LogP contribution in [0.1, 0.15) is 18.4 Å². The standard InChI is InChI=1S/C12H16FNO/c1-15-11-9(3-2-4-10(11)13)7-12(8-14)5-6-12/h2-4H,5-8,14H2,1H3. The molecule has 1 fully saturated rings. The van der Waals surface area contributed by atoms with Crippen molar-refractivity contribution in [2.75, 3.05) is 13.7 Å². The van der Waals surface area contributed by atoms with Gasteiger partial charge in [-0.1, -0.05) is 12.1 Å². The van der Waals surface area contributed by atoms with E-state index in [2.05, 4.69) is 0 Å². The SMILES string of the molecule is COc1c(F)cccc1CC1(CN)CC1. The Morgan fingerprint density at radius 1 is 1.47 bits per heavy atom. The molecule has 0 saturated heterocycles. The summed E-state index contributed by atoms with van der Waals surface area (Å²) in [6.45, 7) is 0.673. The lowest BCUT2D eigenvalue weighted by Crippen LogP contribution is -2.18. The van der Waals surface area contributed by atoms with Crippen LogP contribution in [0.4, 0.5) is 4.39 Å². The number of hydrogen-bond acceptors (Lipinski definition) is 2. The molecule has 1 aromatic carbocycles. The van der Waals surface area contributed by atoms with E-state index in [4.69, 9.17) is 10.5 Å². The third-order valence-electron chi connectivity index (χ3n) is 3.21. The third-order valence-corrected chi connectivity index (χ3v) is 3.21. The van der Waals surface area contributed by atoms with E-state index in [9.17, 15) is 4.39 Å². The molecule has 1 aliphatic carbocycles. The van der Waals surface area contributed by atoms with E-state index in [0.29, 0.717) is 12.3 Å². The number of halogens is 1. The maximum Gasteiger partial charge on any atom is 0.165 e. The van der Waals surface area contributed by atoms with Gasteiger partial charge in [-0.15, -0.1) is 0 Å². The summed E-state index contributed by atoms with van der Waals surface area (Å²) < 4.78 is 18.5. The van der Waals surface area contributed by atoms with Crippen molar-refractivity contribution in [1.82, 2.24) is 0 Å². The normalized spacial score (nSPS) is 17.5. The molecule has 0 heterocycles. The van der Waals surface area contributed by atoms with Crippen LogP contribution < -0.4 is 10.5 Å². The number of methoxy groups -OCH3 is 1. The molecule has 0 radical (unpaired) electrons. The minimum atomic E-state index is -0.289. The molecular formula is C12H16FNO. The highest BCUT2D eigenvalue weighted by molar-refractivity contribution is 5.36. The van der Waals surface area contributed by atoms with Crippen molar-refractivity contribution in [1.29, 1.82) is 0 Å². The summed E-state index contributed by atoms with van der Waals surface area (Å²) in [6.07, 6.45) is 3.11. The molecule has 0 aliphatic heterocycles. The molecule has 0 unspecified atom stereocenters. The van der Waals surface area contributed by atoms with E-state index in [1.54, 1.807) is 6.07 Å². The zero-order valence-electron chi connectivity index (χ0n) is 8.92. The van der Waals surface area contributed by atoms with Crippen LogP contribution in [-0.2, 0) is 6.42 Å². The quantitative estimate of drug-likeness (QED) is 0.824. The second-order valence-electron chi connectivity index (χ2n) is 4.31. The summed E-state index contributed by atoms with van der Waals surface area (Å²) in [5.41, 5.74) is 6.85. The number of rotatable bonds is 4. The molecule has 2 nitrogen and oxygen atoms in total. The van der Waals surface area contributed by atoms with Crippen molar-refractivity contribution in [3.05, 3.63) is 29.6 Å². The topological polar surface area (TPSA) is 35.2 Å². The smallest absolute Gasteiger partial charge is 0.165 e. The van der Waals surface area contributed by atoms with Crippen LogP contribution in [0.2, 0.25) is 0 Å². The lowest BCUT2D eigenvalue weighted by atomic mass is 9.96. The van der Waals surface area contributed by atoms with Crippen molar-refractivity contribution < 1.29 is 9.13 Å². The van der Waals surface area contributed by atoms with E-state index in [1.807, 2.05) is 6.07 Å². The summed E-state index contributed by atoms with van der Waals surface area (Å²) in [4.78, 5) is 0. The Morgan fingerprint density at radius 3 is 2.73 bits per heavy atom. The number of para-hydroxylation sites is 1. The Labute approximate surface area is 89.2 Å². The predicted molar refractivity (Wildman–Crippen MR) is 57.4 cm³/mol. The average molecular weight is 209 g/mol. The highest BCUT2D eigenvalue weighted by Crippen LogP contribution is 2.48. The van der Waals surface area contributed by atoms with Crippen molar-refractivity contribution in [3.8, 4) is 5.75 Å². The number of hydrogen-bond donors (Lipinski definition) is 1. The van der Waals surface area contributed by atoms with Crippen LogP contribution in [0.5, 0.6) is 5.75 Å². The molecule has 2 N–H and O–H groups in total. The molecule has 3 heteroatoms. The van der Waals surface area contributed by atoms with Gasteiger partial charge in [-0.05, 0) is 42.9 Å². The summed E-state index contributed by atoms with van der Waals surface area (Å²) in [7, 11) is 1.50. The van der Waals surface area contributed by atoms with Gasteiger partial charge in [0, 0.05) is 0 Å². The van der Waals surface area contributed by atoms with Gasteiger partial charge in [-0.3, -0.25) is 0 Å². The van der Waals surface area contributed by atoms with E-state index >= 15 is 0 Å². The molecule has 0 spiro atoms. The maximum atomic E-state index is 13.4. The fraction of sp³-hybridized carbons (Fsp3) is 0.500. The molecule has 0 aromatic heterocycles. The second kappa shape index (κ2) is 3.81. The van der Waals surface area contributed by atoms with Crippen LogP contribution >= 0.6 is 0 Å². The van der Waals surface area contributed by atoms with Crippen molar-refractivity contribution >= 4 is 0 Å². The number of nitrogens with two attached hydrogens (primary N) is 1. The molecule has 1 aliphatic rings. The molecule has 82 valence electrons. The van der Waals surface area contributed by atoms with Gasteiger partial charge in [-0.2, -0.15) is 0 Å². The fourth-order valence-corrected chi connectivity index (χ4v) is 1.96. The van der Waals surface area contributed by atoms with Gasteiger partial charge in [0.05, 0.1) is 7.11 Å². The highest BCUT2D eigenvalue weighted by Gasteiger charge is 2.41. The number of ether oxygens (including phenoxy) is 1. The van der Waals surface area contributed by atoms with Gasteiger partial charge in [-0.25, -0.2) is 4.39 Å². The van der Waals surface area contributed by atoms with Crippen LogP contribution in [0.25, 0.3) is 0 Å². The lowest BCUT2D eigenvalue weighted by Gasteiger charge is -2.15. The Kier molecular flexibility index (Phi) is 2.65. The minimum Gasteiger partial charge on any atom is -0.493 e. The van der Waals surface area contributed by atoms with E-state index < -0.39 is 0 Å². The molecule has 1 saturated carbocycles. The minimum absolute atomic E-state index is 0.209. The Morgan fingerprint density at radius 2 is 2.20 bits per heavy atom. The molecule has 1 aromatic rings. The van der Waals surface area contributed by atoms with E-state index in [0.717, 1.165) is 24.8 Å². The lowest BCUT2D eigenvalue weighted by molar-refractivity contribution is 0.375. The van der Waals surface area contributed by atoms with Gasteiger partial charge < -0.3 is 10.5 Å². The molecule has 15 heavy (non-hydrogen) atoms. The van der Waals surface area contributed by atoms with E-state index in [-0.39, 0.29) is 11.2 Å². The largest absolute Gasteiger partial charge is 0.493 e. The monoisotopic (exact) mass is 209 g/mol. The third kappa shape index (κ3) is 1.97. The Hall–Kier alpha value is -1.09. The van der Waals surface area contributed by atoms with Gasteiger partial charge in [0.15, 0.2) is 11.6 Å². The van der Waals surface area contributed by atoms with Crippen molar-refractivity contribution in [3.63, 3.8) is 0 Å². The van der Waals surface area contributed by atoms with Crippen LogP contribution in [0, 0.1) is 11.2 Å². The van der Waals surface area contributed by atoms with Crippen LogP contribution in [0.3, 0.4) is 0 Å². The predicted octanol–water partition coefficient (Wildman–Crippen LogP) is 2.12. The van der Waals surface area contributed by atoms with Gasteiger partial charge >= 0.3 is 0 Å². The number of benzene rings is 1. The second-order valence-corrected chi connectivity index (χ2v) is 4.31. The van der Waals surface area contributed by atoms with Gasteiger partial charge in [0.2, 0.25) is 0 Å². The van der Waals surface area contributed by atoms with E-state index in [1.165, 1.54) is 13.2 Å². The van der Waals surface area contributed by atoms with Gasteiger partial charge in [0.25, 0.3) is 0 Å². The summed E-state index contributed by atoms with van der Waals surface area (Å²) in [6, 6.07) is 5.06. The zero-order chi connectivity index (χ0) is 10.9. The first-order valence-electron chi connectivity index (χ1n) is 5.22. The van der Waals surface area contributed by atoms with Crippen molar-refractivity contribution in [2.45, 2.75) is 19.3 Å². The maximum absolute atomic E-state index is 13.4. The molecule has 0 atom stereocenters. The summed E-state index contributed by atoms with van der Waals surface area (Å²) in [5, 5.41) is 0. The molecule has 2 rings (SSSR count). The average Bonchev–Trinajstić information content (AvgIpc) is 2.99. The van der Waals surface area contributed by atoms with Crippen molar-refractivity contribution in [2.24, 2.45) is 11.1 Å². The van der Waals surface area contributed by atoms with Crippen LogP contribution in [0.15, 0.2) is 18.2 Å². The Balaban J connectivity index is 2.24. The first-order chi connectivity index (χ1) is 7.21. The fourth-order valence-electron chi connectivity index (χ4n) is 1.96. The molecular weight excluding hydrogens is 193 g/mol.